The molecule has 6 nitrogen and oxygen atoms in total. The van der Waals surface area contributed by atoms with Gasteiger partial charge in [0.15, 0.2) is 0 Å². The van der Waals surface area contributed by atoms with Crippen LogP contribution in [0.4, 0.5) is 5.69 Å². The summed E-state index contributed by atoms with van der Waals surface area (Å²) in [6.45, 7) is 8.67. The van der Waals surface area contributed by atoms with Crippen LogP contribution in [-0.2, 0) is 22.6 Å². The monoisotopic (exact) mass is 490 g/mol. The third-order valence-electron chi connectivity index (χ3n) is 8.20. The minimum atomic E-state index is 0.246. The van der Waals surface area contributed by atoms with Crippen LogP contribution in [0, 0.1) is 11.8 Å². The molecule has 0 aromatic heterocycles. The fourth-order valence-corrected chi connectivity index (χ4v) is 6.24. The quantitative estimate of drug-likeness (QED) is 0.580. The molecule has 0 radical (unpaired) electrons. The molecule has 0 saturated carbocycles. The second kappa shape index (κ2) is 12.2. The number of fused-ring (bicyclic) bond motifs is 2. The molecule has 3 fully saturated rings. The molecule has 2 bridgehead atoms. The van der Waals surface area contributed by atoms with Crippen molar-refractivity contribution in [3.63, 3.8) is 0 Å². The molecule has 2 aromatic rings. The van der Waals surface area contributed by atoms with E-state index >= 15 is 0 Å². The SMILES string of the molecule is CN(Cc1ccc(N2CCOCC2)cc1)C(=O)CCC[C@H]1NCC2CC1CN(Cc1ccccc1)C2. The van der Waals surface area contributed by atoms with E-state index in [9.17, 15) is 4.79 Å². The first-order valence-electron chi connectivity index (χ1n) is 13.8. The van der Waals surface area contributed by atoms with E-state index in [1.54, 1.807) is 0 Å². The zero-order valence-electron chi connectivity index (χ0n) is 21.8. The van der Waals surface area contributed by atoms with Crippen LogP contribution in [0.25, 0.3) is 0 Å². The van der Waals surface area contributed by atoms with Crippen molar-refractivity contribution < 1.29 is 9.53 Å². The van der Waals surface area contributed by atoms with Gasteiger partial charge in [-0.1, -0.05) is 42.5 Å². The summed E-state index contributed by atoms with van der Waals surface area (Å²) in [5.41, 5.74) is 3.83. The maximum atomic E-state index is 12.8. The Morgan fingerprint density at radius 2 is 1.81 bits per heavy atom. The molecule has 3 saturated heterocycles. The number of ether oxygens (including phenoxy) is 1. The number of nitrogens with zero attached hydrogens (tertiary/aromatic N) is 3. The summed E-state index contributed by atoms with van der Waals surface area (Å²) in [6, 6.07) is 20.0. The molecule has 3 heterocycles. The van der Waals surface area contributed by atoms with E-state index in [1.807, 2.05) is 11.9 Å². The standard InChI is InChI=1S/C30H42N4O2/c1-32(20-25-10-12-28(13-11-25)34-14-16-36-17-15-34)30(35)9-5-8-29-27-18-26(19-31-29)22-33(23-27)21-24-6-3-2-4-7-24/h2-4,6-7,10-13,26-27,29,31H,5,8-9,14-23H2,1H3/t26?,27?,29-/m1/s1. The van der Waals surface area contributed by atoms with Gasteiger partial charge in [-0.15, -0.1) is 0 Å². The number of carbonyl (C=O) groups is 1. The van der Waals surface area contributed by atoms with Gasteiger partial charge in [0, 0.05) is 64.5 Å². The Balaban J connectivity index is 1.05. The van der Waals surface area contributed by atoms with Crippen LogP contribution < -0.4 is 10.2 Å². The number of hydrogen-bond donors (Lipinski definition) is 1. The number of anilines is 1. The lowest BCUT2D eigenvalue weighted by Crippen LogP contribution is -2.55. The van der Waals surface area contributed by atoms with Crippen LogP contribution in [-0.4, -0.2) is 74.7 Å². The Hall–Kier alpha value is -2.41. The summed E-state index contributed by atoms with van der Waals surface area (Å²) in [4.78, 5) is 19.7. The number of carbonyl (C=O) groups excluding carboxylic acids is 1. The van der Waals surface area contributed by atoms with Crippen LogP contribution in [0.15, 0.2) is 54.6 Å². The molecule has 3 atom stereocenters. The number of benzene rings is 2. The zero-order valence-corrected chi connectivity index (χ0v) is 21.8. The van der Waals surface area contributed by atoms with Crippen molar-refractivity contribution in [2.45, 2.75) is 44.8 Å². The molecule has 6 heteroatoms. The first kappa shape index (κ1) is 25.2. The van der Waals surface area contributed by atoms with Crippen molar-refractivity contribution in [3.05, 3.63) is 65.7 Å². The van der Waals surface area contributed by atoms with Crippen LogP contribution in [0.1, 0.15) is 36.8 Å². The van der Waals surface area contributed by atoms with E-state index in [0.29, 0.717) is 24.9 Å². The first-order valence-corrected chi connectivity index (χ1v) is 13.8. The maximum absolute atomic E-state index is 12.8. The van der Waals surface area contributed by atoms with Gasteiger partial charge in [-0.2, -0.15) is 0 Å². The highest BCUT2D eigenvalue weighted by molar-refractivity contribution is 5.75. The van der Waals surface area contributed by atoms with Crippen molar-refractivity contribution in [1.82, 2.24) is 15.1 Å². The molecule has 0 spiro atoms. The van der Waals surface area contributed by atoms with Gasteiger partial charge in [-0.25, -0.2) is 0 Å². The van der Waals surface area contributed by atoms with Gasteiger partial charge in [0.05, 0.1) is 13.2 Å². The Kier molecular flexibility index (Phi) is 8.57. The van der Waals surface area contributed by atoms with E-state index < -0.39 is 0 Å². The highest BCUT2D eigenvalue weighted by Gasteiger charge is 2.36. The molecule has 2 aromatic carbocycles. The minimum Gasteiger partial charge on any atom is -0.378 e. The van der Waals surface area contributed by atoms with Crippen molar-refractivity contribution >= 4 is 11.6 Å². The molecule has 5 rings (SSSR count). The normalized spacial score (nSPS) is 24.5. The number of morpholine rings is 1. The van der Waals surface area contributed by atoms with E-state index in [2.05, 4.69) is 69.7 Å². The van der Waals surface area contributed by atoms with Crippen LogP contribution in [0.2, 0.25) is 0 Å². The summed E-state index contributed by atoms with van der Waals surface area (Å²) >= 11 is 0. The molecule has 3 aliphatic rings. The number of nitrogens with one attached hydrogen (secondary N) is 1. The van der Waals surface area contributed by atoms with Crippen LogP contribution in [0.3, 0.4) is 0 Å². The lowest BCUT2D eigenvalue weighted by Gasteiger charge is -2.46. The number of hydrogen-bond acceptors (Lipinski definition) is 5. The lowest BCUT2D eigenvalue weighted by molar-refractivity contribution is -0.130. The second-order valence-corrected chi connectivity index (χ2v) is 11.0. The molecular weight excluding hydrogens is 448 g/mol. The average molecular weight is 491 g/mol. The predicted octanol–water partition coefficient (Wildman–Crippen LogP) is 3.76. The Morgan fingerprint density at radius 1 is 1.03 bits per heavy atom. The van der Waals surface area contributed by atoms with Gasteiger partial charge < -0.3 is 19.9 Å². The van der Waals surface area contributed by atoms with E-state index in [4.69, 9.17) is 4.74 Å². The van der Waals surface area contributed by atoms with Crippen molar-refractivity contribution in [2.75, 3.05) is 57.9 Å². The number of amides is 1. The summed E-state index contributed by atoms with van der Waals surface area (Å²) in [5.74, 6) is 1.69. The van der Waals surface area contributed by atoms with E-state index in [1.165, 1.54) is 29.8 Å². The Bertz CT molecular complexity index is 961. The van der Waals surface area contributed by atoms with Gasteiger partial charge >= 0.3 is 0 Å². The Morgan fingerprint density at radius 3 is 2.58 bits per heavy atom. The third kappa shape index (κ3) is 6.67. The van der Waals surface area contributed by atoms with Crippen LogP contribution >= 0.6 is 0 Å². The number of likely N-dealkylation sites (tertiary alicyclic amines) is 1. The second-order valence-electron chi connectivity index (χ2n) is 11.0. The Labute approximate surface area is 216 Å². The fraction of sp³-hybridized carbons (Fsp3) is 0.567. The smallest absolute Gasteiger partial charge is 0.222 e. The summed E-state index contributed by atoms with van der Waals surface area (Å²) < 4.78 is 5.45. The van der Waals surface area contributed by atoms with Crippen LogP contribution in [0.5, 0.6) is 0 Å². The first-order chi connectivity index (χ1) is 17.6. The summed E-state index contributed by atoms with van der Waals surface area (Å²) in [7, 11) is 1.93. The predicted molar refractivity (Wildman–Crippen MR) is 145 cm³/mol. The molecular formula is C30H42N4O2. The molecule has 3 aliphatic heterocycles. The molecule has 1 amide bonds. The number of rotatable bonds is 9. The number of piperidine rings is 2. The van der Waals surface area contributed by atoms with E-state index in [-0.39, 0.29) is 5.91 Å². The highest BCUT2D eigenvalue weighted by Crippen LogP contribution is 2.31. The largest absolute Gasteiger partial charge is 0.378 e. The average Bonchev–Trinajstić information content (AvgIpc) is 2.91. The van der Waals surface area contributed by atoms with Gasteiger partial charge in [-0.05, 0) is 60.9 Å². The summed E-state index contributed by atoms with van der Waals surface area (Å²) in [6.07, 6.45) is 4.00. The van der Waals surface area contributed by atoms with Gasteiger partial charge in [0.25, 0.3) is 0 Å². The molecule has 36 heavy (non-hydrogen) atoms. The molecule has 1 N–H and O–H groups in total. The molecule has 194 valence electrons. The fourth-order valence-electron chi connectivity index (χ4n) is 6.24. The zero-order chi connectivity index (χ0) is 24.7. The van der Waals surface area contributed by atoms with Crippen molar-refractivity contribution in [2.24, 2.45) is 11.8 Å². The van der Waals surface area contributed by atoms with Gasteiger partial charge in [-0.3, -0.25) is 9.69 Å². The third-order valence-corrected chi connectivity index (χ3v) is 8.20. The summed E-state index contributed by atoms with van der Waals surface area (Å²) in [5, 5.41) is 3.82. The van der Waals surface area contributed by atoms with Gasteiger partial charge in [0.2, 0.25) is 5.91 Å². The topological polar surface area (TPSA) is 48.1 Å². The van der Waals surface area contributed by atoms with Crippen molar-refractivity contribution in [3.8, 4) is 0 Å². The minimum absolute atomic E-state index is 0.246. The lowest BCUT2D eigenvalue weighted by atomic mass is 9.79. The van der Waals surface area contributed by atoms with Crippen molar-refractivity contribution in [1.29, 1.82) is 0 Å². The molecule has 2 unspecified atom stereocenters. The highest BCUT2D eigenvalue weighted by atomic mass is 16.5. The van der Waals surface area contributed by atoms with E-state index in [0.717, 1.165) is 64.7 Å². The maximum Gasteiger partial charge on any atom is 0.222 e. The molecule has 0 aliphatic carbocycles. The van der Waals surface area contributed by atoms with Gasteiger partial charge in [0.1, 0.15) is 0 Å².